The number of benzene rings is 3. The van der Waals surface area contributed by atoms with Gasteiger partial charge >= 0.3 is 0 Å². The Morgan fingerprint density at radius 1 is 0.852 bits per heavy atom. The average Bonchev–Trinajstić information content (AvgIpc) is 2.73. The van der Waals surface area contributed by atoms with Gasteiger partial charge in [0.05, 0.1) is 23.7 Å². The number of nitrogens with one attached hydrogen (secondary N) is 2. The van der Waals surface area contributed by atoms with Gasteiger partial charge in [0.15, 0.2) is 5.11 Å². The highest BCUT2D eigenvalue weighted by molar-refractivity contribution is 7.80. The molecule has 2 unspecified atom stereocenters. The van der Waals surface area contributed by atoms with Crippen molar-refractivity contribution in [2.24, 2.45) is 5.73 Å². The largest absolute Gasteiger partial charge is 0.354 e. The molecule has 0 spiro atoms. The summed E-state index contributed by atoms with van der Waals surface area (Å²) in [5.74, 6) is 0. The first-order chi connectivity index (χ1) is 13.2. The molecule has 0 heterocycles. The fraction of sp³-hybridized carbons (Fsp3) is 0.0909. The molecular formula is C22H20N4S. The normalized spacial score (nSPS) is 12.4. The second kappa shape index (κ2) is 8.95. The maximum Gasteiger partial charge on any atom is 0.171 e. The Labute approximate surface area is 164 Å². The van der Waals surface area contributed by atoms with Gasteiger partial charge in [-0.2, -0.15) is 5.26 Å². The zero-order valence-corrected chi connectivity index (χ0v) is 15.5. The summed E-state index contributed by atoms with van der Waals surface area (Å²) in [6.07, 6.45) is 0. The lowest BCUT2D eigenvalue weighted by Crippen LogP contribution is -2.38. The SMILES string of the molecule is N#Cc1ccc(NC(=S)NC(c2ccccc2)C(N)c2ccccc2)cc1. The van der Waals surface area contributed by atoms with Crippen molar-refractivity contribution in [3.8, 4) is 6.07 Å². The maximum atomic E-state index is 8.90. The van der Waals surface area contributed by atoms with Crippen LogP contribution in [0.25, 0.3) is 0 Å². The molecule has 0 bridgehead atoms. The first-order valence-corrected chi connectivity index (χ1v) is 9.01. The molecule has 3 aromatic rings. The summed E-state index contributed by atoms with van der Waals surface area (Å²) in [6, 6.07) is 28.7. The molecule has 0 radical (unpaired) electrons. The molecule has 27 heavy (non-hydrogen) atoms. The summed E-state index contributed by atoms with van der Waals surface area (Å²) in [6.45, 7) is 0. The van der Waals surface area contributed by atoms with Gasteiger partial charge in [-0.1, -0.05) is 60.7 Å². The Bertz CT molecular complexity index is 918. The van der Waals surface area contributed by atoms with E-state index in [-0.39, 0.29) is 12.1 Å². The molecule has 0 amide bonds. The Hall–Kier alpha value is -3.20. The molecule has 0 aliphatic heterocycles. The van der Waals surface area contributed by atoms with Crippen LogP contribution in [0.1, 0.15) is 28.8 Å². The maximum absolute atomic E-state index is 8.90. The van der Waals surface area contributed by atoms with Crippen molar-refractivity contribution < 1.29 is 0 Å². The minimum absolute atomic E-state index is 0.188. The molecule has 4 N–H and O–H groups in total. The van der Waals surface area contributed by atoms with Crippen LogP contribution in [0.4, 0.5) is 5.69 Å². The van der Waals surface area contributed by atoms with Gasteiger partial charge in [-0.25, -0.2) is 0 Å². The molecule has 2 atom stereocenters. The highest BCUT2D eigenvalue weighted by atomic mass is 32.1. The van der Waals surface area contributed by atoms with Gasteiger partial charge in [-0.3, -0.25) is 0 Å². The second-order valence-corrected chi connectivity index (χ2v) is 6.52. The minimum Gasteiger partial charge on any atom is -0.354 e. The predicted molar refractivity (Wildman–Crippen MR) is 113 cm³/mol. The number of nitrogens with two attached hydrogens (primary N) is 1. The molecular weight excluding hydrogens is 352 g/mol. The van der Waals surface area contributed by atoms with E-state index in [9.17, 15) is 0 Å². The highest BCUT2D eigenvalue weighted by Gasteiger charge is 2.22. The van der Waals surface area contributed by atoms with Crippen molar-refractivity contribution in [3.05, 3.63) is 102 Å². The van der Waals surface area contributed by atoms with Crippen molar-refractivity contribution in [1.29, 1.82) is 5.26 Å². The molecule has 0 saturated heterocycles. The van der Waals surface area contributed by atoms with Crippen LogP contribution in [0.15, 0.2) is 84.9 Å². The third kappa shape index (κ3) is 4.91. The molecule has 3 aromatic carbocycles. The van der Waals surface area contributed by atoms with Crippen molar-refractivity contribution in [1.82, 2.24) is 5.32 Å². The van der Waals surface area contributed by atoms with Crippen LogP contribution >= 0.6 is 12.2 Å². The van der Waals surface area contributed by atoms with Gasteiger partial charge in [0.2, 0.25) is 0 Å². The van der Waals surface area contributed by atoms with Crippen LogP contribution in [-0.2, 0) is 0 Å². The lowest BCUT2D eigenvalue weighted by atomic mass is 9.94. The third-order valence-electron chi connectivity index (χ3n) is 4.26. The zero-order valence-electron chi connectivity index (χ0n) is 14.7. The predicted octanol–water partition coefficient (Wildman–Crippen LogP) is 4.29. The highest BCUT2D eigenvalue weighted by Crippen LogP contribution is 2.27. The molecule has 0 fully saturated rings. The Morgan fingerprint density at radius 2 is 1.41 bits per heavy atom. The van der Waals surface area contributed by atoms with E-state index in [4.69, 9.17) is 23.2 Å². The van der Waals surface area contributed by atoms with Crippen LogP contribution in [-0.4, -0.2) is 5.11 Å². The smallest absolute Gasteiger partial charge is 0.171 e. The van der Waals surface area contributed by atoms with Crippen molar-refractivity contribution in [3.63, 3.8) is 0 Å². The minimum atomic E-state index is -0.269. The van der Waals surface area contributed by atoms with Crippen LogP contribution in [0, 0.1) is 11.3 Å². The van der Waals surface area contributed by atoms with Gasteiger partial charge in [-0.15, -0.1) is 0 Å². The monoisotopic (exact) mass is 372 g/mol. The summed E-state index contributed by atoms with van der Waals surface area (Å²) in [7, 11) is 0. The first kappa shape index (κ1) is 18.6. The molecule has 0 aliphatic carbocycles. The molecule has 5 heteroatoms. The Kier molecular flexibility index (Phi) is 6.16. The first-order valence-electron chi connectivity index (χ1n) is 8.60. The average molecular weight is 372 g/mol. The third-order valence-corrected chi connectivity index (χ3v) is 4.48. The molecule has 134 valence electrons. The molecule has 0 aromatic heterocycles. The van der Waals surface area contributed by atoms with E-state index in [1.165, 1.54) is 0 Å². The fourth-order valence-electron chi connectivity index (χ4n) is 2.85. The topological polar surface area (TPSA) is 73.9 Å². The quantitative estimate of drug-likeness (QED) is 0.583. The lowest BCUT2D eigenvalue weighted by molar-refractivity contribution is 0.527. The van der Waals surface area contributed by atoms with Crippen LogP contribution < -0.4 is 16.4 Å². The van der Waals surface area contributed by atoms with Crippen LogP contribution in [0.2, 0.25) is 0 Å². The molecule has 0 saturated carbocycles. The van der Waals surface area contributed by atoms with Gasteiger partial charge in [-0.05, 0) is 47.6 Å². The van der Waals surface area contributed by atoms with E-state index >= 15 is 0 Å². The number of hydrogen-bond donors (Lipinski definition) is 3. The number of hydrogen-bond acceptors (Lipinski definition) is 3. The van der Waals surface area contributed by atoms with Gasteiger partial charge in [0.1, 0.15) is 0 Å². The van der Waals surface area contributed by atoms with Gasteiger partial charge in [0.25, 0.3) is 0 Å². The van der Waals surface area contributed by atoms with Crippen LogP contribution in [0.5, 0.6) is 0 Å². The number of nitrogens with zero attached hydrogens (tertiary/aromatic N) is 1. The van der Waals surface area contributed by atoms with Crippen molar-refractivity contribution in [2.45, 2.75) is 12.1 Å². The van der Waals surface area contributed by atoms with Gasteiger partial charge < -0.3 is 16.4 Å². The van der Waals surface area contributed by atoms with E-state index in [0.717, 1.165) is 16.8 Å². The number of rotatable bonds is 5. The summed E-state index contributed by atoms with van der Waals surface area (Å²) in [5.41, 5.74) is 10.1. The summed E-state index contributed by atoms with van der Waals surface area (Å²) < 4.78 is 0. The van der Waals surface area contributed by atoms with E-state index < -0.39 is 0 Å². The summed E-state index contributed by atoms with van der Waals surface area (Å²) >= 11 is 5.50. The second-order valence-electron chi connectivity index (χ2n) is 6.11. The van der Waals surface area contributed by atoms with E-state index in [1.807, 2.05) is 72.8 Å². The zero-order chi connectivity index (χ0) is 19.1. The number of anilines is 1. The Morgan fingerprint density at radius 3 is 1.96 bits per heavy atom. The standard InChI is InChI=1S/C22H20N4S/c23-15-16-11-13-19(14-12-16)25-22(27)26-21(18-9-5-2-6-10-18)20(24)17-7-3-1-4-8-17/h1-14,20-21H,24H2,(H2,25,26,27). The molecule has 4 nitrogen and oxygen atoms in total. The summed E-state index contributed by atoms with van der Waals surface area (Å²) in [4.78, 5) is 0. The van der Waals surface area contributed by atoms with Crippen molar-refractivity contribution >= 4 is 23.0 Å². The Balaban J connectivity index is 1.78. The van der Waals surface area contributed by atoms with E-state index in [2.05, 4.69) is 16.7 Å². The van der Waals surface area contributed by atoms with Crippen molar-refractivity contribution in [2.75, 3.05) is 5.32 Å². The molecule has 3 rings (SSSR count). The number of nitriles is 1. The summed E-state index contributed by atoms with van der Waals surface area (Å²) in [5, 5.41) is 15.9. The van der Waals surface area contributed by atoms with Gasteiger partial charge in [0, 0.05) is 5.69 Å². The van der Waals surface area contributed by atoms with Crippen LogP contribution in [0.3, 0.4) is 0 Å². The van der Waals surface area contributed by atoms with E-state index in [0.29, 0.717) is 10.7 Å². The van der Waals surface area contributed by atoms with E-state index in [1.54, 1.807) is 12.1 Å². The lowest BCUT2D eigenvalue weighted by Gasteiger charge is -2.27. The number of thiocarbonyl (C=S) groups is 1. The molecule has 0 aliphatic rings. The fourth-order valence-corrected chi connectivity index (χ4v) is 3.09.